The Balaban J connectivity index is 1.73. The Morgan fingerprint density at radius 2 is 1.66 bits per heavy atom. The van der Waals surface area contributed by atoms with Crippen LogP contribution in [0.3, 0.4) is 0 Å². The highest BCUT2D eigenvalue weighted by Gasteiger charge is 2.18. The van der Waals surface area contributed by atoms with Crippen molar-refractivity contribution in [3.05, 3.63) is 94.8 Å². The molecule has 8 heteroatoms. The summed E-state index contributed by atoms with van der Waals surface area (Å²) in [5.74, 6) is -0.353. The number of thiazole rings is 1. The molecule has 0 aliphatic heterocycles. The highest BCUT2D eigenvalue weighted by molar-refractivity contribution is 7.19. The van der Waals surface area contributed by atoms with Gasteiger partial charge in [-0.25, -0.2) is 4.98 Å². The number of amides is 1. The van der Waals surface area contributed by atoms with E-state index in [1.54, 1.807) is 36.5 Å². The second-order valence-corrected chi connectivity index (χ2v) is 7.03. The molecule has 2 heterocycles. The highest BCUT2D eigenvalue weighted by atomic mass is 32.1. The Bertz CT molecular complexity index is 1160. The van der Waals surface area contributed by atoms with Crippen LogP contribution in [0.15, 0.2) is 79.0 Å². The van der Waals surface area contributed by atoms with E-state index >= 15 is 0 Å². The van der Waals surface area contributed by atoms with Gasteiger partial charge in [0.2, 0.25) is 0 Å². The van der Waals surface area contributed by atoms with Crippen LogP contribution in [0.1, 0.15) is 10.5 Å². The maximum absolute atomic E-state index is 12.4. The first kappa shape index (κ1) is 18.5. The predicted molar refractivity (Wildman–Crippen MR) is 112 cm³/mol. The van der Waals surface area contributed by atoms with E-state index in [0.29, 0.717) is 16.5 Å². The normalized spacial score (nSPS) is 10.5. The lowest BCUT2D eigenvalue weighted by Crippen LogP contribution is -2.13. The molecular weight excluding hydrogens is 388 g/mol. The first-order valence-electron chi connectivity index (χ1n) is 8.65. The lowest BCUT2D eigenvalue weighted by Gasteiger charge is -2.02. The van der Waals surface area contributed by atoms with Crippen LogP contribution in [0.25, 0.3) is 21.7 Å². The van der Waals surface area contributed by atoms with Gasteiger partial charge in [0.25, 0.3) is 11.6 Å². The van der Waals surface area contributed by atoms with E-state index in [9.17, 15) is 14.9 Å². The number of nitrogens with zero attached hydrogens (tertiary/aromatic N) is 3. The second-order valence-electron chi connectivity index (χ2n) is 6.04. The van der Waals surface area contributed by atoms with Crippen LogP contribution >= 0.6 is 11.3 Å². The summed E-state index contributed by atoms with van der Waals surface area (Å²) in [6.45, 7) is 0. The van der Waals surface area contributed by atoms with Crippen molar-refractivity contribution in [3.8, 4) is 21.7 Å². The molecular formula is C21H14N4O3S. The number of nitro groups is 1. The molecule has 0 spiro atoms. The van der Waals surface area contributed by atoms with Gasteiger partial charge >= 0.3 is 0 Å². The molecule has 2 aromatic carbocycles. The fourth-order valence-corrected chi connectivity index (χ4v) is 3.74. The topological polar surface area (TPSA) is 98.0 Å². The molecule has 4 aromatic rings. The molecule has 142 valence electrons. The predicted octanol–water partition coefficient (Wildman–Crippen LogP) is 5.03. The first-order chi connectivity index (χ1) is 14.1. The minimum absolute atomic E-state index is 0.00826. The number of carbonyl (C=O) groups is 1. The molecule has 0 radical (unpaired) electrons. The van der Waals surface area contributed by atoms with Crippen molar-refractivity contribution in [1.82, 2.24) is 9.97 Å². The monoisotopic (exact) mass is 402 g/mol. The Morgan fingerprint density at radius 3 is 2.31 bits per heavy atom. The van der Waals surface area contributed by atoms with Gasteiger partial charge in [0.1, 0.15) is 5.69 Å². The van der Waals surface area contributed by atoms with Gasteiger partial charge in [-0.3, -0.25) is 25.2 Å². The number of carbonyl (C=O) groups excluding carboxylic acids is 1. The summed E-state index contributed by atoms with van der Waals surface area (Å²) < 4.78 is 0. The quantitative estimate of drug-likeness (QED) is 0.373. The summed E-state index contributed by atoms with van der Waals surface area (Å²) >= 11 is 1.34. The zero-order chi connectivity index (χ0) is 20.2. The second kappa shape index (κ2) is 7.99. The zero-order valence-corrected chi connectivity index (χ0v) is 15.8. The van der Waals surface area contributed by atoms with Gasteiger partial charge in [0.05, 0.1) is 15.5 Å². The molecule has 0 unspecified atom stereocenters. The highest BCUT2D eigenvalue weighted by Crippen LogP contribution is 2.39. The van der Waals surface area contributed by atoms with Crippen molar-refractivity contribution in [2.75, 3.05) is 5.32 Å². The summed E-state index contributed by atoms with van der Waals surface area (Å²) in [5.41, 5.74) is 2.61. The van der Waals surface area contributed by atoms with E-state index in [0.717, 1.165) is 16.0 Å². The minimum Gasteiger partial charge on any atom is -0.296 e. The number of aromatic nitrogens is 2. The number of anilines is 1. The number of benzene rings is 2. The number of nitro benzene ring substituents is 1. The molecule has 2 aromatic heterocycles. The molecule has 0 atom stereocenters. The number of hydrogen-bond acceptors (Lipinski definition) is 6. The molecule has 7 nitrogen and oxygen atoms in total. The van der Waals surface area contributed by atoms with E-state index < -0.39 is 4.92 Å². The number of hydrogen-bond donors (Lipinski definition) is 1. The lowest BCUT2D eigenvalue weighted by atomic mass is 10.1. The number of non-ortho nitro benzene ring substituents is 1. The van der Waals surface area contributed by atoms with Gasteiger partial charge < -0.3 is 0 Å². The van der Waals surface area contributed by atoms with Gasteiger partial charge in [-0.2, -0.15) is 0 Å². The summed E-state index contributed by atoms with van der Waals surface area (Å²) in [6, 6.07) is 20.9. The Hall–Kier alpha value is -3.91. The van der Waals surface area contributed by atoms with Crippen LogP contribution in [0, 0.1) is 10.1 Å². The largest absolute Gasteiger partial charge is 0.296 e. The lowest BCUT2D eigenvalue weighted by molar-refractivity contribution is -0.384. The zero-order valence-electron chi connectivity index (χ0n) is 15.0. The molecule has 0 bridgehead atoms. The maximum atomic E-state index is 12.4. The van der Waals surface area contributed by atoms with Crippen LogP contribution in [0.5, 0.6) is 0 Å². The number of pyridine rings is 1. The summed E-state index contributed by atoms with van der Waals surface area (Å²) in [6.07, 6.45) is 1.55. The van der Waals surface area contributed by atoms with Crippen molar-refractivity contribution in [2.24, 2.45) is 0 Å². The van der Waals surface area contributed by atoms with Crippen LogP contribution in [0.2, 0.25) is 0 Å². The van der Waals surface area contributed by atoms with Crippen LogP contribution < -0.4 is 5.32 Å². The Labute approximate surface area is 169 Å². The van der Waals surface area contributed by atoms with E-state index in [2.05, 4.69) is 15.3 Å². The summed E-state index contributed by atoms with van der Waals surface area (Å²) in [7, 11) is 0. The molecule has 1 amide bonds. The SMILES string of the molecule is O=C(Nc1nc(-c2ccc([N+](=O)[O-])cc2)c(-c2ccccc2)s1)c1ccccn1. The van der Waals surface area contributed by atoms with Gasteiger partial charge in [0.15, 0.2) is 5.13 Å². The molecule has 4 rings (SSSR count). The van der Waals surface area contributed by atoms with Gasteiger partial charge in [-0.15, -0.1) is 0 Å². The van der Waals surface area contributed by atoms with Crippen LogP contribution in [0.4, 0.5) is 10.8 Å². The van der Waals surface area contributed by atoms with Crippen LogP contribution in [-0.4, -0.2) is 20.8 Å². The third-order valence-corrected chi connectivity index (χ3v) is 5.15. The average Bonchev–Trinajstić information content (AvgIpc) is 3.19. The molecule has 29 heavy (non-hydrogen) atoms. The van der Waals surface area contributed by atoms with E-state index in [1.807, 2.05) is 30.3 Å². The number of nitrogens with one attached hydrogen (secondary N) is 1. The molecule has 0 aliphatic carbocycles. The van der Waals surface area contributed by atoms with Crippen LogP contribution in [-0.2, 0) is 0 Å². The Kier molecular flexibility index (Phi) is 5.08. The first-order valence-corrected chi connectivity index (χ1v) is 9.47. The standard InChI is InChI=1S/C21H14N4O3S/c26-20(17-8-4-5-13-22-17)24-21-23-18(14-9-11-16(12-10-14)25(27)28)19(29-21)15-6-2-1-3-7-15/h1-13H,(H,23,24,26). The van der Waals surface area contributed by atoms with Gasteiger partial charge in [0, 0.05) is 23.9 Å². The van der Waals surface area contributed by atoms with E-state index in [-0.39, 0.29) is 11.6 Å². The maximum Gasteiger partial charge on any atom is 0.276 e. The third kappa shape index (κ3) is 4.02. The fraction of sp³-hybridized carbons (Fsp3) is 0. The van der Waals surface area contributed by atoms with E-state index in [4.69, 9.17) is 0 Å². The van der Waals surface area contributed by atoms with E-state index in [1.165, 1.54) is 23.5 Å². The van der Waals surface area contributed by atoms with Gasteiger partial charge in [-0.05, 0) is 29.8 Å². The third-order valence-electron chi connectivity index (χ3n) is 4.13. The van der Waals surface area contributed by atoms with Crippen molar-refractivity contribution in [2.45, 2.75) is 0 Å². The van der Waals surface area contributed by atoms with Gasteiger partial charge in [-0.1, -0.05) is 47.7 Å². The molecule has 0 saturated carbocycles. The fourth-order valence-electron chi connectivity index (χ4n) is 2.75. The summed E-state index contributed by atoms with van der Waals surface area (Å²) in [5, 5.41) is 14.1. The summed E-state index contributed by atoms with van der Waals surface area (Å²) in [4.78, 5) is 32.4. The molecule has 1 N–H and O–H groups in total. The average molecular weight is 402 g/mol. The molecule has 0 saturated heterocycles. The smallest absolute Gasteiger partial charge is 0.276 e. The van der Waals surface area contributed by atoms with Crippen molar-refractivity contribution in [3.63, 3.8) is 0 Å². The Morgan fingerprint density at radius 1 is 0.931 bits per heavy atom. The van der Waals surface area contributed by atoms with Crippen molar-refractivity contribution >= 4 is 28.1 Å². The molecule has 0 fully saturated rings. The number of rotatable bonds is 5. The minimum atomic E-state index is -0.443. The molecule has 0 aliphatic rings. The van der Waals surface area contributed by atoms with Crippen molar-refractivity contribution in [1.29, 1.82) is 0 Å². The van der Waals surface area contributed by atoms with Crippen molar-refractivity contribution < 1.29 is 9.72 Å².